The topological polar surface area (TPSA) is 38.3 Å². The zero-order chi connectivity index (χ0) is 16.8. The van der Waals surface area contributed by atoms with E-state index in [1.54, 1.807) is 6.07 Å². The van der Waals surface area contributed by atoms with E-state index in [2.05, 4.69) is 10.1 Å². The van der Waals surface area contributed by atoms with Crippen LogP contribution in [0.2, 0.25) is 0 Å². The van der Waals surface area contributed by atoms with Crippen molar-refractivity contribution in [2.45, 2.75) is 6.61 Å². The third-order valence-corrected chi connectivity index (χ3v) is 2.74. The van der Waals surface area contributed by atoms with Crippen LogP contribution in [0.15, 0.2) is 48.5 Å². The number of para-hydroxylation sites is 1. The molecule has 2 aromatic carbocycles. The number of alkyl halides is 2. The van der Waals surface area contributed by atoms with E-state index in [-0.39, 0.29) is 17.0 Å². The summed E-state index contributed by atoms with van der Waals surface area (Å²) < 4.78 is 55.2. The monoisotopic (exact) mass is 325 g/mol. The Morgan fingerprint density at radius 3 is 2.61 bits per heavy atom. The molecule has 0 heterocycles. The van der Waals surface area contributed by atoms with Gasteiger partial charge < -0.3 is 10.1 Å². The molecule has 0 aliphatic rings. The minimum Gasteiger partial charge on any atom is -0.434 e. The van der Waals surface area contributed by atoms with E-state index in [4.69, 9.17) is 0 Å². The Labute approximate surface area is 129 Å². The molecule has 0 radical (unpaired) electrons. The number of rotatable bonds is 5. The number of hydrogen-bond acceptors (Lipinski definition) is 2. The number of hydrogen-bond donors (Lipinski definition) is 1. The van der Waals surface area contributed by atoms with Gasteiger partial charge in [-0.15, -0.1) is 0 Å². The van der Waals surface area contributed by atoms with Gasteiger partial charge in [0.2, 0.25) is 5.91 Å². The molecule has 0 saturated carbocycles. The highest BCUT2D eigenvalue weighted by atomic mass is 19.3. The lowest BCUT2D eigenvalue weighted by molar-refractivity contribution is -0.111. The molecule has 1 N–H and O–H groups in total. The highest BCUT2D eigenvalue weighted by Gasteiger charge is 2.09. The molecule has 3 nitrogen and oxygen atoms in total. The summed E-state index contributed by atoms with van der Waals surface area (Å²) in [7, 11) is 0. The fourth-order valence-electron chi connectivity index (χ4n) is 1.75. The van der Waals surface area contributed by atoms with Gasteiger partial charge in [-0.25, -0.2) is 8.78 Å². The molecule has 120 valence electrons. The van der Waals surface area contributed by atoms with Crippen molar-refractivity contribution in [3.05, 3.63) is 65.7 Å². The average molecular weight is 325 g/mol. The number of carbonyl (C=O) groups is 1. The first kappa shape index (κ1) is 16.5. The highest BCUT2D eigenvalue weighted by molar-refractivity contribution is 6.02. The van der Waals surface area contributed by atoms with Crippen LogP contribution in [-0.2, 0) is 4.79 Å². The lowest BCUT2D eigenvalue weighted by Gasteiger charge is -2.07. The van der Waals surface area contributed by atoms with Gasteiger partial charge in [-0.2, -0.15) is 8.78 Å². The molecule has 2 aromatic rings. The van der Waals surface area contributed by atoms with Crippen LogP contribution in [-0.4, -0.2) is 12.5 Å². The molecule has 0 bridgehead atoms. The summed E-state index contributed by atoms with van der Waals surface area (Å²) >= 11 is 0. The lowest BCUT2D eigenvalue weighted by Crippen LogP contribution is -2.09. The number of carbonyl (C=O) groups excluding carboxylic acids is 1. The minimum absolute atomic E-state index is 0.108. The molecule has 0 unspecified atom stereocenters. The molecule has 0 aromatic heterocycles. The molecular formula is C16H11F4NO2. The molecule has 23 heavy (non-hydrogen) atoms. The smallest absolute Gasteiger partial charge is 0.387 e. The Hall–Kier alpha value is -2.83. The predicted octanol–water partition coefficient (Wildman–Crippen LogP) is 4.22. The van der Waals surface area contributed by atoms with Crippen LogP contribution in [0.1, 0.15) is 5.56 Å². The quantitative estimate of drug-likeness (QED) is 0.660. The molecule has 0 fully saturated rings. The Morgan fingerprint density at radius 1 is 1.13 bits per heavy atom. The summed E-state index contributed by atoms with van der Waals surface area (Å²) in [6.07, 6.45) is 2.22. The maximum absolute atomic E-state index is 13.4. The predicted molar refractivity (Wildman–Crippen MR) is 77.1 cm³/mol. The Balaban J connectivity index is 2.11. The van der Waals surface area contributed by atoms with Crippen LogP contribution in [0.3, 0.4) is 0 Å². The molecule has 2 rings (SSSR count). The summed E-state index contributed by atoms with van der Waals surface area (Å²) in [5, 5.41) is 2.15. The zero-order valence-corrected chi connectivity index (χ0v) is 11.6. The number of ether oxygens (including phenoxy) is 1. The first-order chi connectivity index (χ1) is 11.0. The van der Waals surface area contributed by atoms with E-state index in [1.807, 2.05) is 0 Å². The van der Waals surface area contributed by atoms with Crippen LogP contribution in [0.25, 0.3) is 6.08 Å². The van der Waals surface area contributed by atoms with Gasteiger partial charge in [-0.1, -0.05) is 18.2 Å². The lowest BCUT2D eigenvalue weighted by atomic mass is 10.2. The van der Waals surface area contributed by atoms with Gasteiger partial charge in [-0.05, 0) is 24.3 Å². The summed E-state index contributed by atoms with van der Waals surface area (Å²) in [6, 6.07) is 8.47. The largest absolute Gasteiger partial charge is 0.434 e. The van der Waals surface area contributed by atoms with Gasteiger partial charge in [0.15, 0.2) is 0 Å². The maximum Gasteiger partial charge on any atom is 0.387 e. The first-order valence-corrected chi connectivity index (χ1v) is 6.43. The van der Waals surface area contributed by atoms with Gasteiger partial charge in [0.25, 0.3) is 0 Å². The summed E-state index contributed by atoms with van der Waals surface area (Å²) in [5.41, 5.74) is -0.0839. The van der Waals surface area contributed by atoms with Crippen LogP contribution in [0.5, 0.6) is 5.75 Å². The van der Waals surface area contributed by atoms with E-state index in [9.17, 15) is 22.4 Å². The molecule has 1 amide bonds. The summed E-state index contributed by atoms with van der Waals surface area (Å²) in [5.74, 6) is -2.36. The number of nitrogens with one attached hydrogen (secondary N) is 1. The van der Waals surface area contributed by atoms with Gasteiger partial charge in [0.1, 0.15) is 17.4 Å². The average Bonchev–Trinajstić information content (AvgIpc) is 2.49. The Morgan fingerprint density at radius 2 is 1.87 bits per heavy atom. The Kier molecular flexibility index (Phi) is 5.35. The third kappa shape index (κ3) is 4.84. The number of halogens is 4. The van der Waals surface area contributed by atoms with E-state index in [1.165, 1.54) is 24.3 Å². The van der Waals surface area contributed by atoms with Crippen molar-refractivity contribution in [3.8, 4) is 5.75 Å². The van der Waals surface area contributed by atoms with Crippen molar-refractivity contribution in [3.63, 3.8) is 0 Å². The number of anilines is 1. The molecule has 7 heteroatoms. The second-order valence-corrected chi connectivity index (χ2v) is 4.36. The second-order valence-electron chi connectivity index (χ2n) is 4.36. The van der Waals surface area contributed by atoms with Crippen LogP contribution in [0, 0.1) is 11.6 Å². The fraction of sp³-hybridized carbons (Fsp3) is 0.0625. The summed E-state index contributed by atoms with van der Waals surface area (Å²) in [4.78, 5) is 11.7. The van der Waals surface area contributed by atoms with Gasteiger partial charge >= 0.3 is 6.61 Å². The molecule has 0 aliphatic heterocycles. The van der Waals surface area contributed by atoms with Gasteiger partial charge in [0.05, 0.1) is 5.69 Å². The maximum atomic E-state index is 13.4. The third-order valence-electron chi connectivity index (χ3n) is 2.74. The highest BCUT2D eigenvalue weighted by Crippen LogP contribution is 2.21. The molecule has 0 saturated heterocycles. The van der Waals surface area contributed by atoms with Crippen LogP contribution < -0.4 is 10.1 Å². The van der Waals surface area contributed by atoms with Gasteiger partial charge in [0, 0.05) is 17.7 Å². The van der Waals surface area contributed by atoms with Crippen molar-refractivity contribution in [2.24, 2.45) is 0 Å². The van der Waals surface area contributed by atoms with E-state index < -0.39 is 24.2 Å². The van der Waals surface area contributed by atoms with Crippen molar-refractivity contribution < 1.29 is 27.1 Å². The van der Waals surface area contributed by atoms with Crippen molar-refractivity contribution in [1.82, 2.24) is 0 Å². The second kappa shape index (κ2) is 7.44. The van der Waals surface area contributed by atoms with Crippen LogP contribution in [0.4, 0.5) is 23.2 Å². The fourth-order valence-corrected chi connectivity index (χ4v) is 1.75. The Bertz CT molecular complexity index is 732. The molecule has 0 aliphatic carbocycles. The van der Waals surface area contributed by atoms with Crippen molar-refractivity contribution in [1.29, 1.82) is 0 Å². The SMILES string of the molecule is O=C(C=Cc1ccccc1OC(F)F)Nc1cc(F)ccc1F. The summed E-state index contributed by atoms with van der Waals surface area (Å²) in [6.45, 7) is -3.00. The van der Waals surface area contributed by atoms with Gasteiger partial charge in [-0.3, -0.25) is 4.79 Å². The van der Waals surface area contributed by atoms with Crippen LogP contribution >= 0.6 is 0 Å². The van der Waals surface area contributed by atoms with E-state index >= 15 is 0 Å². The van der Waals surface area contributed by atoms with E-state index in [0.29, 0.717) is 0 Å². The zero-order valence-electron chi connectivity index (χ0n) is 11.6. The number of benzene rings is 2. The molecular weight excluding hydrogens is 314 g/mol. The number of amides is 1. The minimum atomic E-state index is -3.00. The standard InChI is InChI=1S/C16H11F4NO2/c17-11-6-7-12(18)13(9-11)21-15(22)8-5-10-3-1-2-4-14(10)23-16(19)20/h1-9,16H,(H,21,22). The first-order valence-electron chi connectivity index (χ1n) is 6.43. The van der Waals surface area contributed by atoms with Crippen molar-refractivity contribution in [2.75, 3.05) is 5.32 Å². The molecule has 0 spiro atoms. The molecule has 0 atom stereocenters. The normalized spacial score (nSPS) is 11.0. The van der Waals surface area contributed by atoms with E-state index in [0.717, 1.165) is 24.3 Å². The van der Waals surface area contributed by atoms with Crippen molar-refractivity contribution >= 4 is 17.7 Å².